The van der Waals surface area contributed by atoms with Crippen molar-refractivity contribution in [2.75, 3.05) is 11.4 Å². The molecule has 1 amide bonds. The molecule has 0 radical (unpaired) electrons. The van der Waals surface area contributed by atoms with Gasteiger partial charge in [0.05, 0.1) is 6.42 Å². The van der Waals surface area contributed by atoms with Crippen LogP contribution in [0.3, 0.4) is 0 Å². The predicted octanol–water partition coefficient (Wildman–Crippen LogP) is 2.91. The molecule has 20 heavy (non-hydrogen) atoms. The van der Waals surface area contributed by atoms with Gasteiger partial charge in [-0.3, -0.25) is 4.79 Å². The Balaban J connectivity index is 1.84. The van der Waals surface area contributed by atoms with Crippen LogP contribution < -0.4 is 4.90 Å². The zero-order valence-electron chi connectivity index (χ0n) is 11.2. The van der Waals surface area contributed by atoms with Gasteiger partial charge in [0.1, 0.15) is 5.75 Å². The van der Waals surface area contributed by atoms with Gasteiger partial charge in [0.2, 0.25) is 5.91 Å². The molecule has 0 aromatic heterocycles. The average molecular weight is 267 g/mol. The molecule has 0 atom stereocenters. The number of phenols is 1. The molecule has 1 heterocycles. The van der Waals surface area contributed by atoms with Gasteiger partial charge in [-0.15, -0.1) is 0 Å². The summed E-state index contributed by atoms with van der Waals surface area (Å²) >= 11 is 0. The Kier molecular flexibility index (Phi) is 3.42. The fourth-order valence-corrected chi connectivity index (χ4v) is 2.71. The number of phenolic OH excluding ortho intramolecular Hbond substituents is 1. The average Bonchev–Trinajstić information content (AvgIpc) is 2.49. The predicted molar refractivity (Wildman–Crippen MR) is 78.9 cm³/mol. The number of carbonyl (C=O) groups excluding carboxylic acids is 1. The van der Waals surface area contributed by atoms with Crippen LogP contribution in [0.2, 0.25) is 0 Å². The summed E-state index contributed by atoms with van der Waals surface area (Å²) in [4.78, 5) is 14.3. The van der Waals surface area contributed by atoms with Gasteiger partial charge in [-0.1, -0.05) is 36.4 Å². The molecule has 2 aromatic rings. The maximum Gasteiger partial charge on any atom is 0.231 e. The van der Waals surface area contributed by atoms with E-state index >= 15 is 0 Å². The van der Waals surface area contributed by atoms with Crippen molar-refractivity contribution < 1.29 is 9.90 Å². The van der Waals surface area contributed by atoms with E-state index in [0.717, 1.165) is 25.1 Å². The van der Waals surface area contributed by atoms with Crippen molar-refractivity contribution in [2.24, 2.45) is 0 Å². The fraction of sp³-hybridized carbons (Fsp3) is 0.235. The van der Waals surface area contributed by atoms with Crippen LogP contribution in [0, 0.1) is 0 Å². The summed E-state index contributed by atoms with van der Waals surface area (Å²) in [6, 6.07) is 15.1. The second kappa shape index (κ2) is 5.37. The van der Waals surface area contributed by atoms with Gasteiger partial charge in [0.15, 0.2) is 0 Å². The third-order valence-corrected chi connectivity index (χ3v) is 3.74. The van der Waals surface area contributed by atoms with Crippen LogP contribution in [0.4, 0.5) is 5.69 Å². The van der Waals surface area contributed by atoms with E-state index in [1.54, 1.807) is 18.2 Å². The van der Waals surface area contributed by atoms with E-state index in [0.29, 0.717) is 5.56 Å². The third-order valence-electron chi connectivity index (χ3n) is 3.74. The van der Waals surface area contributed by atoms with Gasteiger partial charge in [-0.05, 0) is 30.5 Å². The van der Waals surface area contributed by atoms with Crippen LogP contribution in [-0.2, 0) is 17.6 Å². The Hall–Kier alpha value is -2.29. The first kappa shape index (κ1) is 12.7. The van der Waals surface area contributed by atoms with Crippen LogP contribution >= 0.6 is 0 Å². The largest absolute Gasteiger partial charge is 0.508 e. The van der Waals surface area contributed by atoms with Gasteiger partial charge in [-0.25, -0.2) is 0 Å². The van der Waals surface area contributed by atoms with E-state index in [1.807, 2.05) is 29.2 Å². The van der Waals surface area contributed by atoms with Gasteiger partial charge < -0.3 is 10.0 Å². The Labute approximate surface area is 118 Å². The van der Waals surface area contributed by atoms with Gasteiger partial charge in [0, 0.05) is 17.8 Å². The number of nitrogens with zero attached hydrogens (tertiary/aromatic N) is 1. The minimum Gasteiger partial charge on any atom is -0.508 e. The normalized spacial score (nSPS) is 13.9. The van der Waals surface area contributed by atoms with Crippen molar-refractivity contribution in [2.45, 2.75) is 19.3 Å². The quantitative estimate of drug-likeness (QED) is 0.909. The number of amides is 1. The molecule has 102 valence electrons. The number of fused-ring (bicyclic) bond motifs is 1. The number of rotatable bonds is 2. The van der Waals surface area contributed by atoms with Crippen molar-refractivity contribution in [3.8, 4) is 5.75 Å². The monoisotopic (exact) mass is 267 g/mol. The SMILES string of the molecule is O=C(Cc1ccccc1O)N1CCCc2ccccc21. The molecule has 1 aliphatic rings. The lowest BCUT2D eigenvalue weighted by Crippen LogP contribution is -2.36. The Bertz CT molecular complexity index is 636. The summed E-state index contributed by atoms with van der Waals surface area (Å²) in [6.45, 7) is 0.753. The molecule has 2 aromatic carbocycles. The van der Waals surface area contributed by atoms with Crippen molar-refractivity contribution in [3.05, 3.63) is 59.7 Å². The highest BCUT2D eigenvalue weighted by Gasteiger charge is 2.22. The van der Waals surface area contributed by atoms with Crippen molar-refractivity contribution in [1.82, 2.24) is 0 Å². The molecule has 3 heteroatoms. The lowest BCUT2D eigenvalue weighted by molar-refractivity contribution is -0.118. The van der Waals surface area contributed by atoms with Crippen LogP contribution in [-0.4, -0.2) is 17.6 Å². The molecular weight excluding hydrogens is 250 g/mol. The summed E-state index contributed by atoms with van der Waals surface area (Å²) < 4.78 is 0. The first-order chi connectivity index (χ1) is 9.75. The second-order valence-corrected chi connectivity index (χ2v) is 5.08. The Morgan fingerprint density at radius 3 is 2.70 bits per heavy atom. The molecule has 0 unspecified atom stereocenters. The number of hydrogen-bond donors (Lipinski definition) is 1. The van der Waals surface area contributed by atoms with Crippen LogP contribution in [0.15, 0.2) is 48.5 Å². The smallest absolute Gasteiger partial charge is 0.231 e. The number of hydrogen-bond acceptors (Lipinski definition) is 2. The minimum absolute atomic E-state index is 0.0404. The molecule has 3 rings (SSSR count). The minimum atomic E-state index is 0.0404. The molecule has 1 aliphatic heterocycles. The molecule has 3 nitrogen and oxygen atoms in total. The topological polar surface area (TPSA) is 40.5 Å². The zero-order chi connectivity index (χ0) is 13.9. The summed E-state index contributed by atoms with van der Waals surface area (Å²) in [5.41, 5.74) is 2.92. The molecule has 0 spiro atoms. The van der Waals surface area contributed by atoms with E-state index in [4.69, 9.17) is 0 Å². The number of anilines is 1. The number of aryl methyl sites for hydroxylation is 1. The summed E-state index contributed by atoms with van der Waals surface area (Å²) in [6.07, 6.45) is 2.25. The number of para-hydroxylation sites is 2. The highest BCUT2D eigenvalue weighted by molar-refractivity contribution is 5.96. The van der Waals surface area contributed by atoms with Gasteiger partial charge >= 0.3 is 0 Å². The van der Waals surface area contributed by atoms with Gasteiger partial charge in [-0.2, -0.15) is 0 Å². The van der Waals surface area contributed by atoms with Gasteiger partial charge in [0.25, 0.3) is 0 Å². The van der Waals surface area contributed by atoms with E-state index in [-0.39, 0.29) is 18.1 Å². The summed E-state index contributed by atoms with van der Waals surface area (Å²) in [7, 11) is 0. The Morgan fingerprint density at radius 1 is 1.10 bits per heavy atom. The molecular formula is C17H17NO2. The summed E-state index contributed by atoms with van der Waals surface area (Å²) in [5.74, 6) is 0.227. The van der Waals surface area contributed by atoms with Crippen molar-refractivity contribution >= 4 is 11.6 Å². The molecule has 1 N–H and O–H groups in total. The second-order valence-electron chi connectivity index (χ2n) is 5.08. The molecule has 0 bridgehead atoms. The maximum absolute atomic E-state index is 12.5. The number of benzene rings is 2. The lowest BCUT2D eigenvalue weighted by atomic mass is 10.0. The third kappa shape index (κ3) is 2.39. The van der Waals surface area contributed by atoms with Crippen molar-refractivity contribution in [1.29, 1.82) is 0 Å². The standard InChI is InChI=1S/C17H17NO2/c19-16-10-4-2-7-14(16)12-17(20)18-11-5-8-13-6-1-3-9-15(13)18/h1-4,6-7,9-10,19H,5,8,11-12H2. The van der Waals surface area contributed by atoms with E-state index in [9.17, 15) is 9.90 Å². The van der Waals surface area contributed by atoms with Crippen LogP contribution in [0.1, 0.15) is 17.5 Å². The maximum atomic E-state index is 12.5. The fourth-order valence-electron chi connectivity index (χ4n) is 2.71. The number of aromatic hydroxyl groups is 1. The summed E-state index contributed by atoms with van der Waals surface area (Å²) in [5, 5.41) is 9.78. The number of carbonyl (C=O) groups is 1. The van der Waals surface area contributed by atoms with Crippen LogP contribution in [0.25, 0.3) is 0 Å². The molecule has 0 saturated carbocycles. The zero-order valence-corrected chi connectivity index (χ0v) is 11.2. The highest BCUT2D eigenvalue weighted by atomic mass is 16.3. The van der Waals surface area contributed by atoms with E-state index in [1.165, 1.54) is 5.56 Å². The van der Waals surface area contributed by atoms with Crippen molar-refractivity contribution in [3.63, 3.8) is 0 Å². The van der Waals surface area contributed by atoms with E-state index < -0.39 is 0 Å². The first-order valence-electron chi connectivity index (χ1n) is 6.91. The lowest BCUT2D eigenvalue weighted by Gasteiger charge is -2.29. The molecule has 0 saturated heterocycles. The van der Waals surface area contributed by atoms with Crippen LogP contribution in [0.5, 0.6) is 5.75 Å². The molecule has 0 fully saturated rings. The molecule has 0 aliphatic carbocycles. The first-order valence-corrected chi connectivity index (χ1v) is 6.91. The van der Waals surface area contributed by atoms with E-state index in [2.05, 4.69) is 6.07 Å². The Morgan fingerprint density at radius 2 is 1.85 bits per heavy atom. The highest BCUT2D eigenvalue weighted by Crippen LogP contribution is 2.28.